The highest BCUT2D eigenvalue weighted by Gasteiger charge is 2.23. The van der Waals surface area contributed by atoms with E-state index in [1.54, 1.807) is 0 Å². The van der Waals surface area contributed by atoms with Gasteiger partial charge in [0.05, 0.1) is 10.9 Å². The van der Waals surface area contributed by atoms with Gasteiger partial charge in [0.25, 0.3) is 0 Å². The summed E-state index contributed by atoms with van der Waals surface area (Å²) in [4.78, 5) is 12.1. The van der Waals surface area contributed by atoms with Crippen molar-refractivity contribution in [1.29, 1.82) is 0 Å². The Labute approximate surface area is 146 Å². The molecule has 0 radical (unpaired) electrons. The summed E-state index contributed by atoms with van der Waals surface area (Å²) in [6.07, 6.45) is 1.82. The molecule has 1 amide bonds. The molecule has 0 fully saturated rings. The molecule has 7 heteroatoms. The fourth-order valence-electron chi connectivity index (χ4n) is 2.97. The first kappa shape index (κ1) is 17.6. The molecule has 0 bridgehead atoms. The molecule has 0 spiro atoms. The molecule has 3 rings (SSSR count). The van der Waals surface area contributed by atoms with Crippen molar-refractivity contribution in [2.45, 2.75) is 30.2 Å². The lowest BCUT2D eigenvalue weighted by Gasteiger charge is -2.14. The highest BCUT2D eigenvalue weighted by atomic mass is 32.2. The van der Waals surface area contributed by atoms with Gasteiger partial charge >= 0.3 is 0 Å². The number of carbonyl (C=O) groups excluding carboxylic acids is 1. The van der Waals surface area contributed by atoms with E-state index >= 15 is 0 Å². The molecule has 0 heterocycles. The number of amides is 1. The highest BCUT2D eigenvalue weighted by molar-refractivity contribution is 7.89. The third-order valence-corrected chi connectivity index (χ3v) is 5.71. The predicted molar refractivity (Wildman–Crippen MR) is 91.9 cm³/mol. The summed E-state index contributed by atoms with van der Waals surface area (Å²) in [6.45, 7) is -0.0140. The number of sulfonamides is 1. The van der Waals surface area contributed by atoms with Gasteiger partial charge in [-0.15, -0.1) is 0 Å². The summed E-state index contributed by atoms with van der Waals surface area (Å²) in [5.41, 5.74) is 2.37. The van der Waals surface area contributed by atoms with Gasteiger partial charge in [0.15, 0.2) is 0 Å². The minimum atomic E-state index is -3.75. The number of hydrogen-bond acceptors (Lipinski definition) is 3. The fourth-order valence-corrected chi connectivity index (χ4v) is 4.00. The fraction of sp³-hybridized carbons (Fsp3) is 0.278. The minimum absolute atomic E-state index is 0.0140. The van der Waals surface area contributed by atoms with Gasteiger partial charge in [0.2, 0.25) is 15.9 Å². The molecule has 0 aliphatic heterocycles. The maximum Gasteiger partial charge on any atom is 0.240 e. The lowest BCUT2D eigenvalue weighted by atomic mass is 10.1. The van der Waals surface area contributed by atoms with Gasteiger partial charge in [-0.3, -0.25) is 4.79 Å². The van der Waals surface area contributed by atoms with Crippen LogP contribution in [0.2, 0.25) is 0 Å². The molecular formula is C18H19FN2O3S. The lowest BCUT2D eigenvalue weighted by molar-refractivity contribution is -0.121. The number of fused-ring (bicyclic) bond motifs is 1. The predicted octanol–water partition coefficient (Wildman–Crippen LogP) is 2.30. The molecule has 2 N–H and O–H groups in total. The van der Waals surface area contributed by atoms with Crippen LogP contribution in [0.1, 0.15) is 30.0 Å². The average Bonchev–Trinajstić information content (AvgIpc) is 2.98. The molecule has 0 saturated carbocycles. The molecule has 1 atom stereocenters. The van der Waals surface area contributed by atoms with E-state index in [-0.39, 0.29) is 29.8 Å². The Morgan fingerprint density at radius 3 is 2.60 bits per heavy atom. The van der Waals surface area contributed by atoms with Crippen molar-refractivity contribution >= 4 is 15.9 Å². The number of halogens is 1. The van der Waals surface area contributed by atoms with Gasteiger partial charge in [-0.2, -0.15) is 0 Å². The zero-order valence-corrected chi connectivity index (χ0v) is 14.4. The molecule has 2 aromatic rings. The monoisotopic (exact) mass is 362 g/mol. The Hall–Kier alpha value is -2.25. The Kier molecular flexibility index (Phi) is 5.15. The molecule has 25 heavy (non-hydrogen) atoms. The van der Waals surface area contributed by atoms with Crippen LogP contribution in [0.4, 0.5) is 4.39 Å². The van der Waals surface area contributed by atoms with Crippen molar-refractivity contribution in [3.05, 3.63) is 65.5 Å². The Balaban J connectivity index is 1.51. The number of carbonyl (C=O) groups is 1. The molecule has 1 aliphatic rings. The third kappa shape index (κ3) is 4.24. The Bertz CT molecular complexity index is 866. The first-order valence-corrected chi connectivity index (χ1v) is 9.56. The smallest absolute Gasteiger partial charge is 0.240 e. The van der Waals surface area contributed by atoms with Crippen LogP contribution in [-0.4, -0.2) is 20.9 Å². The van der Waals surface area contributed by atoms with E-state index in [9.17, 15) is 17.6 Å². The van der Waals surface area contributed by atoms with Crippen molar-refractivity contribution in [3.8, 4) is 0 Å². The summed E-state index contributed by atoms with van der Waals surface area (Å²) in [7, 11) is -3.75. The van der Waals surface area contributed by atoms with E-state index in [0.29, 0.717) is 0 Å². The quantitative estimate of drug-likeness (QED) is 0.828. The van der Waals surface area contributed by atoms with Gasteiger partial charge in [-0.05, 0) is 48.2 Å². The van der Waals surface area contributed by atoms with E-state index in [4.69, 9.17) is 0 Å². The van der Waals surface area contributed by atoms with Gasteiger partial charge in [0.1, 0.15) is 5.82 Å². The standard InChI is InChI=1S/C18H19FN2O3S/c19-14-6-8-15(9-7-14)25(23,24)20-12-11-18(22)21-17-10-5-13-3-1-2-4-16(13)17/h1-4,6-9,17,20H,5,10-12H2,(H,21,22). The van der Waals surface area contributed by atoms with Crippen LogP contribution in [-0.2, 0) is 21.2 Å². The van der Waals surface area contributed by atoms with Crippen molar-refractivity contribution in [2.24, 2.45) is 0 Å². The first-order valence-electron chi connectivity index (χ1n) is 8.08. The number of benzene rings is 2. The molecule has 5 nitrogen and oxygen atoms in total. The molecule has 1 unspecified atom stereocenters. The maximum atomic E-state index is 12.9. The third-order valence-electron chi connectivity index (χ3n) is 4.24. The maximum absolute atomic E-state index is 12.9. The van der Waals surface area contributed by atoms with E-state index < -0.39 is 15.8 Å². The number of aryl methyl sites for hydroxylation is 1. The summed E-state index contributed by atoms with van der Waals surface area (Å²) in [6, 6.07) is 12.5. The highest BCUT2D eigenvalue weighted by Crippen LogP contribution is 2.30. The van der Waals surface area contributed by atoms with Gasteiger partial charge in [0, 0.05) is 13.0 Å². The lowest BCUT2D eigenvalue weighted by Crippen LogP contribution is -2.32. The summed E-state index contributed by atoms with van der Waals surface area (Å²) >= 11 is 0. The number of nitrogens with one attached hydrogen (secondary N) is 2. The van der Waals surface area contributed by atoms with Crippen LogP contribution in [0.15, 0.2) is 53.4 Å². The van der Waals surface area contributed by atoms with E-state index in [1.807, 2.05) is 18.2 Å². The number of rotatable bonds is 6. The van der Waals surface area contributed by atoms with Gasteiger partial charge in [-0.25, -0.2) is 17.5 Å². The molecule has 132 valence electrons. The van der Waals surface area contributed by atoms with Crippen LogP contribution < -0.4 is 10.0 Å². The minimum Gasteiger partial charge on any atom is -0.349 e. The average molecular weight is 362 g/mol. The van der Waals surface area contributed by atoms with Crippen LogP contribution in [0.25, 0.3) is 0 Å². The zero-order valence-electron chi connectivity index (χ0n) is 13.5. The second-order valence-electron chi connectivity index (χ2n) is 5.96. The molecular weight excluding hydrogens is 343 g/mol. The van der Waals surface area contributed by atoms with E-state index in [0.717, 1.165) is 30.5 Å². The molecule has 1 aliphatic carbocycles. The summed E-state index contributed by atoms with van der Waals surface area (Å²) in [5.74, 6) is -0.710. The van der Waals surface area contributed by atoms with Crippen LogP contribution in [0.5, 0.6) is 0 Å². The SMILES string of the molecule is O=C(CCNS(=O)(=O)c1ccc(F)cc1)NC1CCc2ccccc21. The first-order chi connectivity index (χ1) is 12.0. The van der Waals surface area contributed by atoms with Crippen molar-refractivity contribution in [3.63, 3.8) is 0 Å². The second kappa shape index (κ2) is 7.33. The van der Waals surface area contributed by atoms with E-state index in [1.165, 1.54) is 17.7 Å². The molecule has 2 aromatic carbocycles. The molecule has 0 saturated heterocycles. The van der Waals surface area contributed by atoms with Gasteiger partial charge in [-0.1, -0.05) is 24.3 Å². The summed E-state index contributed by atoms with van der Waals surface area (Å²) < 4.78 is 39.4. The second-order valence-corrected chi connectivity index (χ2v) is 7.73. The van der Waals surface area contributed by atoms with Crippen molar-refractivity contribution in [1.82, 2.24) is 10.0 Å². The van der Waals surface area contributed by atoms with Crippen LogP contribution >= 0.6 is 0 Å². The Morgan fingerprint density at radius 2 is 1.84 bits per heavy atom. The Morgan fingerprint density at radius 1 is 1.12 bits per heavy atom. The van der Waals surface area contributed by atoms with Crippen molar-refractivity contribution < 1.29 is 17.6 Å². The van der Waals surface area contributed by atoms with E-state index in [2.05, 4.69) is 16.1 Å². The summed E-state index contributed by atoms with van der Waals surface area (Å²) in [5, 5.41) is 2.95. The topological polar surface area (TPSA) is 75.3 Å². The van der Waals surface area contributed by atoms with Gasteiger partial charge < -0.3 is 5.32 Å². The van der Waals surface area contributed by atoms with Crippen molar-refractivity contribution in [2.75, 3.05) is 6.54 Å². The molecule has 0 aromatic heterocycles. The van der Waals surface area contributed by atoms with Crippen LogP contribution in [0.3, 0.4) is 0 Å². The largest absolute Gasteiger partial charge is 0.349 e. The van der Waals surface area contributed by atoms with Crippen LogP contribution in [0, 0.1) is 5.82 Å². The normalized spacial score (nSPS) is 16.4. The number of hydrogen-bond donors (Lipinski definition) is 2. The zero-order chi connectivity index (χ0) is 17.9.